The number of para-hydroxylation sites is 2. The van der Waals surface area contributed by atoms with E-state index in [4.69, 9.17) is 0 Å². The van der Waals surface area contributed by atoms with Gasteiger partial charge in [-0.3, -0.25) is 14.5 Å². The predicted molar refractivity (Wildman–Crippen MR) is 97.0 cm³/mol. The average molecular weight is 334 g/mol. The zero-order chi connectivity index (χ0) is 17.8. The van der Waals surface area contributed by atoms with Crippen LogP contribution in [0.1, 0.15) is 17.3 Å². The molecule has 0 fully saturated rings. The molecule has 6 nitrogen and oxygen atoms in total. The number of rotatable bonds is 4. The van der Waals surface area contributed by atoms with Crippen LogP contribution in [0, 0.1) is 0 Å². The molecule has 1 heterocycles. The number of aromatic nitrogens is 2. The molecule has 2 aromatic carbocycles. The smallest absolute Gasteiger partial charge is 0.261 e. The highest BCUT2D eigenvalue weighted by molar-refractivity contribution is 6.10. The largest absolute Gasteiger partial charge is 0.326 e. The number of nitrogens with zero attached hydrogens (tertiary/aromatic N) is 3. The molecule has 0 aliphatic rings. The number of carbonyl (C=O) groups excluding carboxylic acids is 2. The van der Waals surface area contributed by atoms with Crippen molar-refractivity contribution in [2.75, 3.05) is 17.3 Å². The average Bonchev–Trinajstić information content (AvgIpc) is 3.11. The fraction of sp³-hybridized carbons (Fsp3) is 0.105. The maximum atomic E-state index is 13.0. The molecule has 6 heteroatoms. The number of amides is 2. The Bertz CT molecular complexity index is 903. The van der Waals surface area contributed by atoms with Gasteiger partial charge in [-0.15, -0.1) is 0 Å². The molecule has 0 aliphatic heterocycles. The Morgan fingerprint density at radius 3 is 2.40 bits per heavy atom. The Morgan fingerprint density at radius 1 is 1.00 bits per heavy atom. The second kappa shape index (κ2) is 7.00. The summed E-state index contributed by atoms with van der Waals surface area (Å²) in [6, 6.07) is 18.3. The SMILES string of the molecule is CC(=O)Nc1ccccc1C(=O)N(C)c1ccnn1-c1ccccc1. The lowest BCUT2D eigenvalue weighted by Gasteiger charge is -2.20. The monoisotopic (exact) mass is 334 g/mol. The molecule has 2 amide bonds. The Labute approximate surface area is 145 Å². The number of nitrogens with one attached hydrogen (secondary N) is 1. The highest BCUT2D eigenvalue weighted by atomic mass is 16.2. The Balaban J connectivity index is 1.95. The van der Waals surface area contributed by atoms with Crippen molar-refractivity contribution >= 4 is 23.3 Å². The summed E-state index contributed by atoms with van der Waals surface area (Å²) in [5.74, 6) is 0.174. The highest BCUT2D eigenvalue weighted by Gasteiger charge is 2.20. The van der Waals surface area contributed by atoms with E-state index in [9.17, 15) is 9.59 Å². The molecule has 1 aromatic heterocycles. The van der Waals surface area contributed by atoms with E-state index in [-0.39, 0.29) is 11.8 Å². The normalized spacial score (nSPS) is 10.3. The van der Waals surface area contributed by atoms with Gasteiger partial charge in [0.25, 0.3) is 5.91 Å². The van der Waals surface area contributed by atoms with Gasteiger partial charge in [0.15, 0.2) is 0 Å². The van der Waals surface area contributed by atoms with Crippen LogP contribution >= 0.6 is 0 Å². The lowest BCUT2D eigenvalue weighted by molar-refractivity contribution is -0.114. The first-order valence-corrected chi connectivity index (χ1v) is 7.82. The Morgan fingerprint density at radius 2 is 1.68 bits per heavy atom. The minimum Gasteiger partial charge on any atom is -0.326 e. The van der Waals surface area contributed by atoms with Crippen molar-refractivity contribution in [3.63, 3.8) is 0 Å². The van der Waals surface area contributed by atoms with Crippen molar-refractivity contribution in [2.24, 2.45) is 0 Å². The first-order valence-electron chi connectivity index (χ1n) is 7.82. The van der Waals surface area contributed by atoms with E-state index >= 15 is 0 Å². The minimum atomic E-state index is -0.234. The van der Waals surface area contributed by atoms with Gasteiger partial charge >= 0.3 is 0 Å². The summed E-state index contributed by atoms with van der Waals surface area (Å²) in [5.41, 5.74) is 1.76. The molecule has 0 spiro atoms. The van der Waals surface area contributed by atoms with Crippen molar-refractivity contribution in [2.45, 2.75) is 6.92 Å². The third kappa shape index (κ3) is 3.42. The minimum absolute atomic E-state index is 0.225. The van der Waals surface area contributed by atoms with Gasteiger partial charge in [-0.25, -0.2) is 4.68 Å². The molecule has 0 atom stereocenters. The van der Waals surface area contributed by atoms with Crippen LogP contribution < -0.4 is 10.2 Å². The summed E-state index contributed by atoms with van der Waals surface area (Å²) < 4.78 is 1.69. The summed E-state index contributed by atoms with van der Waals surface area (Å²) in [6.07, 6.45) is 1.64. The van der Waals surface area contributed by atoms with Crippen molar-refractivity contribution in [1.82, 2.24) is 9.78 Å². The second-order valence-electron chi connectivity index (χ2n) is 5.53. The molecule has 3 rings (SSSR count). The first-order chi connectivity index (χ1) is 12.1. The zero-order valence-corrected chi connectivity index (χ0v) is 14.0. The number of benzene rings is 2. The summed E-state index contributed by atoms with van der Waals surface area (Å²) in [6.45, 7) is 1.41. The van der Waals surface area contributed by atoms with Crippen LogP contribution in [0.25, 0.3) is 5.69 Å². The van der Waals surface area contributed by atoms with Gasteiger partial charge in [0.05, 0.1) is 23.1 Å². The summed E-state index contributed by atoms with van der Waals surface area (Å²) in [7, 11) is 1.68. The van der Waals surface area contributed by atoms with Gasteiger partial charge < -0.3 is 5.32 Å². The van der Waals surface area contributed by atoms with Crippen LogP contribution in [0.5, 0.6) is 0 Å². The molecule has 126 valence electrons. The molecule has 25 heavy (non-hydrogen) atoms. The van der Waals surface area contributed by atoms with Crippen LogP contribution in [0.15, 0.2) is 66.9 Å². The van der Waals surface area contributed by atoms with Gasteiger partial charge in [0.1, 0.15) is 5.82 Å². The lowest BCUT2D eigenvalue weighted by Crippen LogP contribution is -2.29. The van der Waals surface area contributed by atoms with Crippen molar-refractivity contribution in [3.8, 4) is 5.69 Å². The topological polar surface area (TPSA) is 67.2 Å². The first kappa shape index (κ1) is 16.4. The molecule has 0 unspecified atom stereocenters. The molecule has 0 saturated heterocycles. The lowest BCUT2D eigenvalue weighted by atomic mass is 10.1. The van der Waals surface area contributed by atoms with E-state index in [2.05, 4.69) is 10.4 Å². The molecule has 3 aromatic rings. The van der Waals surface area contributed by atoms with E-state index in [1.165, 1.54) is 11.8 Å². The molecular formula is C19H18N4O2. The number of hydrogen-bond donors (Lipinski definition) is 1. The van der Waals surface area contributed by atoms with Crippen LogP contribution in [-0.2, 0) is 4.79 Å². The van der Waals surface area contributed by atoms with Crippen LogP contribution in [-0.4, -0.2) is 28.6 Å². The maximum absolute atomic E-state index is 13.0. The molecule has 1 N–H and O–H groups in total. The second-order valence-corrected chi connectivity index (χ2v) is 5.53. The molecule has 0 aliphatic carbocycles. The molecule has 0 bridgehead atoms. The Kier molecular flexibility index (Phi) is 4.61. The fourth-order valence-corrected chi connectivity index (χ4v) is 2.57. The summed E-state index contributed by atoms with van der Waals surface area (Å²) in [4.78, 5) is 25.9. The third-order valence-corrected chi connectivity index (χ3v) is 3.74. The highest BCUT2D eigenvalue weighted by Crippen LogP contribution is 2.23. The van der Waals surface area contributed by atoms with E-state index in [0.717, 1.165) is 5.69 Å². The molecular weight excluding hydrogens is 316 g/mol. The standard InChI is InChI=1S/C19H18N4O2/c1-14(24)21-17-11-7-6-10-16(17)19(25)22(2)18-12-13-20-23(18)15-8-4-3-5-9-15/h3-13H,1-2H3,(H,21,24). The number of carbonyl (C=O) groups is 2. The number of hydrogen-bond acceptors (Lipinski definition) is 3. The van der Waals surface area contributed by atoms with Gasteiger partial charge in [-0.2, -0.15) is 5.10 Å². The van der Waals surface area contributed by atoms with Crippen LogP contribution in [0.2, 0.25) is 0 Å². The van der Waals surface area contributed by atoms with Gasteiger partial charge in [0, 0.05) is 20.0 Å². The van der Waals surface area contributed by atoms with Gasteiger partial charge in [0.2, 0.25) is 5.91 Å². The summed E-state index contributed by atoms with van der Waals surface area (Å²) >= 11 is 0. The van der Waals surface area contributed by atoms with Crippen molar-refractivity contribution in [1.29, 1.82) is 0 Å². The van der Waals surface area contributed by atoms with E-state index in [0.29, 0.717) is 17.1 Å². The quantitative estimate of drug-likeness (QED) is 0.797. The molecule has 0 radical (unpaired) electrons. The van der Waals surface area contributed by atoms with E-state index in [1.807, 2.05) is 30.3 Å². The summed E-state index contributed by atoms with van der Waals surface area (Å²) in [5, 5.41) is 7.00. The van der Waals surface area contributed by atoms with Crippen molar-refractivity contribution < 1.29 is 9.59 Å². The van der Waals surface area contributed by atoms with E-state index in [1.54, 1.807) is 48.3 Å². The third-order valence-electron chi connectivity index (χ3n) is 3.74. The van der Waals surface area contributed by atoms with Gasteiger partial charge in [-0.05, 0) is 24.3 Å². The number of anilines is 2. The van der Waals surface area contributed by atoms with Crippen LogP contribution in [0.3, 0.4) is 0 Å². The zero-order valence-electron chi connectivity index (χ0n) is 14.0. The van der Waals surface area contributed by atoms with E-state index < -0.39 is 0 Å². The predicted octanol–water partition coefficient (Wildman–Crippen LogP) is 3.11. The van der Waals surface area contributed by atoms with Crippen molar-refractivity contribution in [3.05, 3.63) is 72.4 Å². The van der Waals surface area contributed by atoms with Gasteiger partial charge in [-0.1, -0.05) is 30.3 Å². The van der Waals surface area contributed by atoms with Crippen LogP contribution in [0.4, 0.5) is 11.5 Å². The fourth-order valence-electron chi connectivity index (χ4n) is 2.57. The maximum Gasteiger partial charge on any atom is 0.261 e. The molecule has 0 saturated carbocycles. The Hall–Kier alpha value is -3.41.